The lowest BCUT2D eigenvalue weighted by Gasteiger charge is -2.40. The number of rotatable bonds is 3. The number of hydrogen-bond acceptors (Lipinski definition) is 0. The average molecular weight is 284 g/mol. The minimum Gasteiger partial charge on any atom is -0.0778 e. The fourth-order valence-corrected chi connectivity index (χ4v) is 3.90. The highest BCUT2D eigenvalue weighted by molar-refractivity contribution is 5.38. The minimum atomic E-state index is 0.371. The van der Waals surface area contributed by atoms with Crippen LogP contribution in [0.15, 0.2) is 29.8 Å². The molecule has 1 aliphatic rings. The quantitative estimate of drug-likeness (QED) is 0.561. The molecule has 0 bridgehead atoms. The van der Waals surface area contributed by atoms with Crippen molar-refractivity contribution in [2.24, 2.45) is 11.3 Å². The summed E-state index contributed by atoms with van der Waals surface area (Å²) < 4.78 is 0. The monoisotopic (exact) mass is 284 g/mol. The smallest absolute Gasteiger partial charge is 0.00565 e. The molecule has 0 heteroatoms. The molecule has 0 aliphatic heterocycles. The summed E-state index contributed by atoms with van der Waals surface area (Å²) in [5.41, 5.74) is 6.45. The van der Waals surface area contributed by atoms with Crippen LogP contribution in [0, 0.1) is 18.3 Å². The second-order valence-corrected chi connectivity index (χ2v) is 7.99. The maximum absolute atomic E-state index is 2.54. The Labute approximate surface area is 131 Å². The molecule has 0 N–H and O–H groups in total. The van der Waals surface area contributed by atoms with E-state index in [4.69, 9.17) is 0 Å². The normalized spacial score (nSPS) is 23.0. The Morgan fingerprint density at radius 1 is 1.14 bits per heavy atom. The van der Waals surface area contributed by atoms with Gasteiger partial charge in [-0.25, -0.2) is 0 Å². The third-order valence-electron chi connectivity index (χ3n) is 5.09. The van der Waals surface area contributed by atoms with Gasteiger partial charge in [0.2, 0.25) is 0 Å². The van der Waals surface area contributed by atoms with Gasteiger partial charge in [-0.1, -0.05) is 64.0 Å². The highest BCUT2D eigenvalue weighted by Crippen LogP contribution is 2.46. The van der Waals surface area contributed by atoms with Crippen LogP contribution in [0.2, 0.25) is 0 Å². The molecule has 0 heterocycles. The molecule has 1 aromatic rings. The van der Waals surface area contributed by atoms with E-state index in [1.165, 1.54) is 36.8 Å². The Balaban J connectivity index is 2.39. The molecule has 2 unspecified atom stereocenters. The molecule has 2 atom stereocenters. The summed E-state index contributed by atoms with van der Waals surface area (Å²) in [6.07, 6.45) is 7.56. The third kappa shape index (κ3) is 3.78. The first-order valence-corrected chi connectivity index (χ1v) is 8.59. The van der Waals surface area contributed by atoms with Gasteiger partial charge >= 0.3 is 0 Å². The first-order chi connectivity index (χ1) is 9.82. The van der Waals surface area contributed by atoms with Gasteiger partial charge in [-0.05, 0) is 61.1 Å². The summed E-state index contributed by atoms with van der Waals surface area (Å²) in [7, 11) is 0. The van der Waals surface area contributed by atoms with Crippen molar-refractivity contribution in [1.82, 2.24) is 0 Å². The van der Waals surface area contributed by atoms with E-state index in [1.807, 2.05) is 0 Å². The zero-order valence-electron chi connectivity index (χ0n) is 14.8. The lowest BCUT2D eigenvalue weighted by Crippen LogP contribution is -2.29. The molecule has 116 valence electrons. The van der Waals surface area contributed by atoms with E-state index in [0.29, 0.717) is 11.3 Å². The van der Waals surface area contributed by atoms with Crippen LogP contribution in [-0.2, 0) is 6.42 Å². The van der Waals surface area contributed by atoms with Gasteiger partial charge in [-0.15, -0.1) is 0 Å². The summed E-state index contributed by atoms with van der Waals surface area (Å²) in [6, 6.07) is 7.17. The molecule has 0 amide bonds. The van der Waals surface area contributed by atoms with Crippen molar-refractivity contribution >= 4 is 0 Å². The Bertz CT molecular complexity index is 513. The van der Waals surface area contributed by atoms with Crippen molar-refractivity contribution in [3.05, 3.63) is 46.5 Å². The van der Waals surface area contributed by atoms with Crippen LogP contribution < -0.4 is 0 Å². The fourth-order valence-electron chi connectivity index (χ4n) is 3.90. The first kappa shape index (κ1) is 16.3. The van der Waals surface area contributed by atoms with Gasteiger partial charge in [0.05, 0.1) is 0 Å². The Morgan fingerprint density at radius 2 is 1.86 bits per heavy atom. The molecule has 0 spiro atoms. The summed E-state index contributed by atoms with van der Waals surface area (Å²) >= 11 is 0. The zero-order valence-corrected chi connectivity index (χ0v) is 14.8. The molecular formula is C21H32. The average Bonchev–Trinajstić information content (AvgIpc) is 2.37. The lowest BCUT2D eigenvalue weighted by atomic mass is 9.65. The van der Waals surface area contributed by atoms with Crippen LogP contribution in [0.3, 0.4) is 0 Å². The van der Waals surface area contributed by atoms with Gasteiger partial charge < -0.3 is 0 Å². The topological polar surface area (TPSA) is 0 Å². The SMILES string of the molecule is CCCc1ccc(C2C=C(C)CCC2C(C)(C)C)c(C)c1. The molecule has 21 heavy (non-hydrogen) atoms. The Kier molecular flexibility index (Phi) is 4.96. The second kappa shape index (κ2) is 6.38. The Morgan fingerprint density at radius 3 is 2.43 bits per heavy atom. The predicted octanol–water partition coefficient (Wildman–Crippen LogP) is 6.43. The zero-order chi connectivity index (χ0) is 15.6. The van der Waals surface area contributed by atoms with Crippen LogP contribution in [-0.4, -0.2) is 0 Å². The molecule has 0 saturated carbocycles. The van der Waals surface area contributed by atoms with Gasteiger partial charge in [0.25, 0.3) is 0 Å². The van der Waals surface area contributed by atoms with Gasteiger partial charge in [0.1, 0.15) is 0 Å². The summed E-state index contributed by atoms with van der Waals surface area (Å²) in [6.45, 7) is 14.1. The van der Waals surface area contributed by atoms with Crippen molar-refractivity contribution in [3.63, 3.8) is 0 Å². The Hall–Kier alpha value is -1.04. The maximum Gasteiger partial charge on any atom is 0.00565 e. The molecular weight excluding hydrogens is 252 g/mol. The number of benzene rings is 1. The third-order valence-corrected chi connectivity index (χ3v) is 5.09. The molecule has 1 aliphatic carbocycles. The van der Waals surface area contributed by atoms with Crippen LogP contribution >= 0.6 is 0 Å². The standard InChI is InChI=1S/C21H32/c1-7-8-17-10-11-18(16(3)14-17)19-13-15(2)9-12-20(19)21(4,5)6/h10-11,13-14,19-20H,7-9,12H2,1-6H3. The number of aryl methyl sites for hydroxylation is 2. The highest BCUT2D eigenvalue weighted by Gasteiger charge is 2.34. The van der Waals surface area contributed by atoms with Crippen molar-refractivity contribution in [1.29, 1.82) is 0 Å². The number of hydrogen-bond donors (Lipinski definition) is 0. The van der Waals surface area contributed by atoms with Crippen molar-refractivity contribution < 1.29 is 0 Å². The van der Waals surface area contributed by atoms with E-state index in [-0.39, 0.29) is 0 Å². The van der Waals surface area contributed by atoms with E-state index in [2.05, 4.69) is 65.8 Å². The van der Waals surface area contributed by atoms with Crippen LogP contribution in [0.4, 0.5) is 0 Å². The van der Waals surface area contributed by atoms with Gasteiger partial charge in [0.15, 0.2) is 0 Å². The van der Waals surface area contributed by atoms with Crippen LogP contribution in [0.5, 0.6) is 0 Å². The van der Waals surface area contributed by atoms with Crippen LogP contribution in [0.25, 0.3) is 0 Å². The van der Waals surface area contributed by atoms with Gasteiger partial charge in [0, 0.05) is 5.92 Å². The molecule has 0 radical (unpaired) electrons. The predicted molar refractivity (Wildman–Crippen MR) is 93.9 cm³/mol. The molecule has 0 nitrogen and oxygen atoms in total. The lowest BCUT2D eigenvalue weighted by molar-refractivity contribution is 0.197. The molecule has 0 aromatic heterocycles. The van der Waals surface area contributed by atoms with Gasteiger partial charge in [-0.3, -0.25) is 0 Å². The molecule has 2 rings (SSSR count). The van der Waals surface area contributed by atoms with Crippen molar-refractivity contribution in [2.75, 3.05) is 0 Å². The van der Waals surface area contributed by atoms with Gasteiger partial charge in [-0.2, -0.15) is 0 Å². The van der Waals surface area contributed by atoms with Crippen molar-refractivity contribution in [3.8, 4) is 0 Å². The highest BCUT2D eigenvalue weighted by atomic mass is 14.4. The van der Waals surface area contributed by atoms with E-state index in [9.17, 15) is 0 Å². The molecule has 1 aromatic carbocycles. The summed E-state index contributed by atoms with van der Waals surface area (Å²) in [5.74, 6) is 1.34. The summed E-state index contributed by atoms with van der Waals surface area (Å²) in [5, 5.41) is 0. The molecule has 0 fully saturated rings. The summed E-state index contributed by atoms with van der Waals surface area (Å²) in [4.78, 5) is 0. The fraction of sp³-hybridized carbons (Fsp3) is 0.619. The molecule has 0 saturated heterocycles. The maximum atomic E-state index is 2.54. The largest absolute Gasteiger partial charge is 0.0778 e. The van der Waals surface area contributed by atoms with E-state index in [0.717, 1.165) is 5.92 Å². The van der Waals surface area contributed by atoms with E-state index < -0.39 is 0 Å². The second-order valence-electron chi connectivity index (χ2n) is 7.99. The number of allylic oxidation sites excluding steroid dienone is 2. The van der Waals surface area contributed by atoms with Crippen LogP contribution in [0.1, 0.15) is 76.5 Å². The minimum absolute atomic E-state index is 0.371. The first-order valence-electron chi connectivity index (χ1n) is 8.59. The van der Waals surface area contributed by atoms with E-state index >= 15 is 0 Å². The van der Waals surface area contributed by atoms with Crippen molar-refractivity contribution in [2.45, 2.75) is 73.1 Å². The van der Waals surface area contributed by atoms with E-state index in [1.54, 1.807) is 11.1 Å².